The Bertz CT molecular complexity index is 1110. The Balaban J connectivity index is 1.72. The summed E-state index contributed by atoms with van der Waals surface area (Å²) in [6, 6.07) is 19.1. The van der Waals surface area contributed by atoms with Crippen LogP contribution in [0.4, 0.5) is 5.69 Å². The minimum atomic E-state index is -0.703. The van der Waals surface area contributed by atoms with E-state index in [1.165, 1.54) is 24.4 Å². The summed E-state index contributed by atoms with van der Waals surface area (Å²) in [6.07, 6.45) is 1.27. The van der Waals surface area contributed by atoms with E-state index in [4.69, 9.17) is 4.74 Å². The van der Waals surface area contributed by atoms with Gasteiger partial charge in [0.05, 0.1) is 16.7 Å². The number of aryl methyl sites for hydroxylation is 1. The van der Waals surface area contributed by atoms with Gasteiger partial charge in [-0.2, -0.15) is 5.10 Å². The number of rotatable bonds is 6. The van der Waals surface area contributed by atoms with Crippen molar-refractivity contribution in [3.63, 3.8) is 0 Å². The normalized spacial score (nSPS) is 10.6. The first-order valence-electron chi connectivity index (χ1n) is 8.90. The molecule has 8 heteroatoms. The van der Waals surface area contributed by atoms with Gasteiger partial charge in [0.2, 0.25) is 5.75 Å². The monoisotopic (exact) mass is 403 g/mol. The van der Waals surface area contributed by atoms with Crippen LogP contribution in [-0.4, -0.2) is 23.0 Å². The maximum absolute atomic E-state index is 12.2. The van der Waals surface area contributed by atoms with Crippen molar-refractivity contribution < 1.29 is 19.2 Å². The number of carbonyl (C=O) groups is 2. The molecule has 3 aromatic carbocycles. The van der Waals surface area contributed by atoms with Crippen molar-refractivity contribution in [3.8, 4) is 5.75 Å². The molecule has 0 fully saturated rings. The van der Waals surface area contributed by atoms with E-state index in [0.717, 1.165) is 5.56 Å². The van der Waals surface area contributed by atoms with Gasteiger partial charge in [0.25, 0.3) is 5.91 Å². The van der Waals surface area contributed by atoms with E-state index in [0.29, 0.717) is 11.1 Å². The number of hydrogen-bond acceptors (Lipinski definition) is 6. The molecule has 0 aromatic heterocycles. The Kier molecular flexibility index (Phi) is 6.29. The Hall–Kier alpha value is -4.33. The number of nitrogens with one attached hydrogen (secondary N) is 1. The Labute approximate surface area is 172 Å². The molecular weight excluding hydrogens is 386 g/mol. The minimum Gasteiger partial charge on any atom is -0.416 e. The molecule has 0 heterocycles. The number of nitrogens with zero attached hydrogens (tertiary/aromatic N) is 2. The van der Waals surface area contributed by atoms with Crippen LogP contribution in [0, 0.1) is 17.0 Å². The number of amides is 1. The van der Waals surface area contributed by atoms with Crippen molar-refractivity contribution in [2.45, 2.75) is 6.92 Å². The average Bonchev–Trinajstić information content (AvgIpc) is 2.75. The maximum Gasteiger partial charge on any atom is 0.343 e. The van der Waals surface area contributed by atoms with Crippen LogP contribution in [-0.2, 0) is 0 Å². The highest BCUT2D eigenvalue weighted by Crippen LogP contribution is 2.28. The standard InChI is InChI=1S/C22H17N3O5/c1-15-7-10-17(11-8-15)21(26)24-23-14-16-9-12-20(19(13-16)25(28)29)30-22(27)18-5-3-2-4-6-18/h2-14H,1H3,(H,24,26)/b23-14+. The van der Waals surface area contributed by atoms with E-state index >= 15 is 0 Å². The summed E-state index contributed by atoms with van der Waals surface area (Å²) >= 11 is 0. The van der Waals surface area contributed by atoms with Gasteiger partial charge in [0, 0.05) is 17.2 Å². The molecule has 0 aliphatic carbocycles. The third kappa shape index (κ3) is 5.14. The highest BCUT2D eigenvalue weighted by molar-refractivity contribution is 5.95. The smallest absolute Gasteiger partial charge is 0.343 e. The first-order valence-corrected chi connectivity index (χ1v) is 8.90. The van der Waals surface area contributed by atoms with E-state index in [9.17, 15) is 19.7 Å². The third-order valence-corrected chi connectivity index (χ3v) is 4.09. The Morgan fingerprint density at radius 3 is 2.37 bits per heavy atom. The topological polar surface area (TPSA) is 111 Å². The second kappa shape index (κ2) is 9.24. The van der Waals surface area contributed by atoms with Crippen molar-refractivity contribution in [1.82, 2.24) is 5.43 Å². The molecule has 1 N–H and O–H groups in total. The molecule has 0 saturated heterocycles. The molecule has 0 saturated carbocycles. The third-order valence-electron chi connectivity index (χ3n) is 4.09. The SMILES string of the molecule is Cc1ccc(C(=O)N/N=C/c2ccc(OC(=O)c3ccccc3)c([N+](=O)[O-])c2)cc1. The zero-order valence-corrected chi connectivity index (χ0v) is 15.9. The number of hydrazone groups is 1. The summed E-state index contributed by atoms with van der Waals surface area (Å²) in [4.78, 5) is 34.9. The molecule has 0 aliphatic heterocycles. The predicted octanol–water partition coefficient (Wildman–Crippen LogP) is 3.89. The number of esters is 1. The molecule has 0 atom stereocenters. The quantitative estimate of drug-likeness (QED) is 0.221. The van der Waals surface area contributed by atoms with Crippen molar-refractivity contribution >= 4 is 23.8 Å². The van der Waals surface area contributed by atoms with Gasteiger partial charge in [-0.1, -0.05) is 35.9 Å². The van der Waals surface area contributed by atoms with Gasteiger partial charge in [-0.3, -0.25) is 14.9 Å². The van der Waals surface area contributed by atoms with Crippen LogP contribution in [0.15, 0.2) is 77.9 Å². The molecule has 0 radical (unpaired) electrons. The van der Waals surface area contributed by atoms with Crippen molar-refractivity contribution in [2.24, 2.45) is 5.10 Å². The first-order chi connectivity index (χ1) is 14.4. The molecule has 1 amide bonds. The summed E-state index contributed by atoms with van der Waals surface area (Å²) in [7, 11) is 0. The molecule has 3 aromatic rings. The second-order valence-corrected chi connectivity index (χ2v) is 6.30. The summed E-state index contributed by atoms with van der Waals surface area (Å²) in [5.74, 6) is -1.30. The molecule has 0 bridgehead atoms. The van der Waals surface area contributed by atoms with Crippen molar-refractivity contribution in [1.29, 1.82) is 0 Å². The van der Waals surface area contributed by atoms with Gasteiger partial charge in [-0.15, -0.1) is 0 Å². The average molecular weight is 403 g/mol. The van der Waals surface area contributed by atoms with Crippen LogP contribution >= 0.6 is 0 Å². The van der Waals surface area contributed by atoms with Crippen LogP contribution in [0.5, 0.6) is 5.75 Å². The summed E-state index contributed by atoms with van der Waals surface area (Å²) in [6.45, 7) is 1.91. The van der Waals surface area contributed by atoms with Crippen LogP contribution < -0.4 is 10.2 Å². The van der Waals surface area contributed by atoms with Crippen LogP contribution in [0.25, 0.3) is 0 Å². The molecule has 0 unspecified atom stereocenters. The largest absolute Gasteiger partial charge is 0.416 e. The van der Waals surface area contributed by atoms with Crippen molar-refractivity contribution in [2.75, 3.05) is 0 Å². The number of carbonyl (C=O) groups excluding carboxylic acids is 2. The van der Waals surface area contributed by atoms with Gasteiger partial charge in [-0.05, 0) is 43.3 Å². The molecule has 150 valence electrons. The molecular formula is C22H17N3O5. The molecule has 8 nitrogen and oxygen atoms in total. The summed E-state index contributed by atoms with van der Waals surface area (Å²) in [5.41, 5.74) is 4.05. The van der Waals surface area contributed by atoms with E-state index < -0.39 is 22.5 Å². The fraction of sp³-hybridized carbons (Fsp3) is 0.0455. The number of benzene rings is 3. The van der Waals surface area contributed by atoms with E-state index in [2.05, 4.69) is 10.5 Å². The van der Waals surface area contributed by atoms with E-state index in [1.807, 2.05) is 6.92 Å². The van der Waals surface area contributed by atoms with Crippen LogP contribution in [0.3, 0.4) is 0 Å². The summed E-state index contributed by atoms with van der Waals surface area (Å²) in [5, 5.41) is 15.2. The number of ether oxygens (including phenoxy) is 1. The summed E-state index contributed by atoms with van der Waals surface area (Å²) < 4.78 is 5.16. The van der Waals surface area contributed by atoms with Gasteiger partial charge >= 0.3 is 11.7 Å². The minimum absolute atomic E-state index is 0.185. The first kappa shape index (κ1) is 20.4. The molecule has 0 aliphatic rings. The maximum atomic E-state index is 12.2. The predicted molar refractivity (Wildman–Crippen MR) is 111 cm³/mol. The fourth-order valence-electron chi connectivity index (χ4n) is 2.51. The Morgan fingerprint density at radius 1 is 1.00 bits per heavy atom. The van der Waals surface area contributed by atoms with Gasteiger partial charge in [-0.25, -0.2) is 10.2 Å². The van der Waals surface area contributed by atoms with E-state index in [-0.39, 0.29) is 11.3 Å². The number of hydrogen-bond donors (Lipinski definition) is 1. The lowest BCUT2D eigenvalue weighted by Gasteiger charge is -2.06. The van der Waals surface area contributed by atoms with Gasteiger partial charge < -0.3 is 4.74 Å². The number of nitro benzene ring substituents is 1. The van der Waals surface area contributed by atoms with Gasteiger partial charge in [0.15, 0.2) is 0 Å². The van der Waals surface area contributed by atoms with Crippen LogP contribution in [0.2, 0.25) is 0 Å². The fourth-order valence-corrected chi connectivity index (χ4v) is 2.51. The van der Waals surface area contributed by atoms with E-state index in [1.54, 1.807) is 54.6 Å². The Morgan fingerprint density at radius 2 is 1.70 bits per heavy atom. The highest BCUT2D eigenvalue weighted by Gasteiger charge is 2.19. The zero-order chi connectivity index (χ0) is 21.5. The highest BCUT2D eigenvalue weighted by atomic mass is 16.6. The lowest BCUT2D eigenvalue weighted by molar-refractivity contribution is -0.385. The van der Waals surface area contributed by atoms with Crippen LogP contribution in [0.1, 0.15) is 31.8 Å². The molecule has 30 heavy (non-hydrogen) atoms. The second-order valence-electron chi connectivity index (χ2n) is 6.30. The van der Waals surface area contributed by atoms with Crippen molar-refractivity contribution in [3.05, 3.63) is 105 Å². The zero-order valence-electron chi connectivity index (χ0n) is 15.9. The van der Waals surface area contributed by atoms with Gasteiger partial charge in [0.1, 0.15) is 0 Å². The lowest BCUT2D eigenvalue weighted by Crippen LogP contribution is -2.17. The number of nitro groups is 1. The molecule has 0 spiro atoms. The lowest BCUT2D eigenvalue weighted by atomic mass is 10.1. The molecule has 3 rings (SSSR count).